The minimum Gasteiger partial charge on any atom is -0.352 e. The second-order valence-electron chi connectivity index (χ2n) is 13.4. The van der Waals surface area contributed by atoms with Crippen molar-refractivity contribution < 1.29 is 14.4 Å². The third-order valence-corrected chi connectivity index (χ3v) is 9.42. The molecule has 4 rings (SSSR count). The average molecular weight is 610 g/mol. The lowest BCUT2D eigenvalue weighted by molar-refractivity contribution is -0.146. The van der Waals surface area contributed by atoms with Gasteiger partial charge in [-0.3, -0.25) is 14.4 Å². The maximum atomic E-state index is 13.7. The van der Waals surface area contributed by atoms with E-state index in [1.807, 2.05) is 49.9 Å². The van der Waals surface area contributed by atoms with Crippen molar-refractivity contribution in [3.63, 3.8) is 0 Å². The molecule has 1 aromatic rings. The summed E-state index contributed by atoms with van der Waals surface area (Å²) in [7, 11) is 0. The molecule has 1 aliphatic carbocycles. The fourth-order valence-electron chi connectivity index (χ4n) is 6.91. The van der Waals surface area contributed by atoms with Gasteiger partial charge in [0.2, 0.25) is 17.7 Å². The quantitative estimate of drug-likeness (QED) is 0.374. The molecule has 0 spiro atoms. The summed E-state index contributed by atoms with van der Waals surface area (Å²) in [6.45, 7) is 8.91. The molecule has 0 bridgehead atoms. The molecule has 2 saturated heterocycles. The smallest absolute Gasteiger partial charge is 0.227 e. The van der Waals surface area contributed by atoms with Gasteiger partial charge in [0, 0.05) is 42.7 Å². The average Bonchev–Trinajstić information content (AvgIpc) is 2.94. The van der Waals surface area contributed by atoms with Gasteiger partial charge in [0.05, 0.1) is 11.3 Å². The van der Waals surface area contributed by atoms with Crippen molar-refractivity contribution in [3.8, 4) is 0 Å². The standard InChI is InChI=1S/C32H49ClN4O3.ClH/c1-31(2,3)36-30(40)32(25-9-5-4-6-10-25)15-18-37(19-16-32)28(38)21-27(20-23-11-13-26(33)14-12-23)35-29(39)24-8-7-17-34-22-24;/h11-14,24-25,27,34H,4-10,15-22H2,1-3H3,(H,35,39)(H,36,40);1H/t24-,27+;/m0./s1. The molecule has 3 fully saturated rings. The molecule has 2 atom stereocenters. The van der Waals surface area contributed by atoms with Crippen LogP contribution in [0.25, 0.3) is 0 Å². The van der Waals surface area contributed by atoms with Gasteiger partial charge in [-0.25, -0.2) is 0 Å². The van der Waals surface area contributed by atoms with Crippen LogP contribution < -0.4 is 16.0 Å². The fraction of sp³-hybridized carbons (Fsp3) is 0.719. The van der Waals surface area contributed by atoms with Crippen LogP contribution in [0.5, 0.6) is 0 Å². The van der Waals surface area contributed by atoms with Gasteiger partial charge in [-0.1, -0.05) is 43.0 Å². The lowest BCUT2D eigenvalue weighted by Crippen LogP contribution is -2.57. The predicted molar refractivity (Wildman–Crippen MR) is 167 cm³/mol. The SMILES string of the molecule is CC(C)(C)NC(=O)C1(C2CCCCC2)CCN(C(=O)C[C@@H](Cc2ccc(Cl)cc2)NC(=O)[C@H]2CCCNC2)CC1.Cl. The van der Waals surface area contributed by atoms with Crippen LogP contribution in [-0.2, 0) is 20.8 Å². The van der Waals surface area contributed by atoms with Crippen molar-refractivity contribution in [2.75, 3.05) is 26.2 Å². The highest BCUT2D eigenvalue weighted by Gasteiger charge is 2.48. The number of halogens is 2. The van der Waals surface area contributed by atoms with Gasteiger partial charge in [-0.2, -0.15) is 0 Å². The fourth-order valence-corrected chi connectivity index (χ4v) is 7.04. The molecule has 1 aromatic carbocycles. The second kappa shape index (κ2) is 15.1. The van der Waals surface area contributed by atoms with E-state index in [-0.39, 0.29) is 54.0 Å². The summed E-state index contributed by atoms with van der Waals surface area (Å²) in [5.74, 6) is 0.543. The molecule has 41 heavy (non-hydrogen) atoms. The molecule has 3 amide bonds. The van der Waals surface area contributed by atoms with Crippen LogP contribution in [0.3, 0.4) is 0 Å². The molecule has 2 aliphatic heterocycles. The summed E-state index contributed by atoms with van der Waals surface area (Å²) in [6, 6.07) is 7.32. The number of carbonyl (C=O) groups excluding carboxylic acids is 3. The van der Waals surface area contributed by atoms with E-state index in [0.717, 1.165) is 37.8 Å². The molecular formula is C32H50Cl2N4O3. The molecule has 230 valence electrons. The maximum absolute atomic E-state index is 13.7. The first-order valence-electron chi connectivity index (χ1n) is 15.4. The van der Waals surface area contributed by atoms with Crippen LogP contribution in [0.15, 0.2) is 24.3 Å². The Balaban J connectivity index is 0.00000462. The van der Waals surface area contributed by atoms with E-state index in [2.05, 4.69) is 16.0 Å². The highest BCUT2D eigenvalue weighted by atomic mass is 35.5. The number of benzene rings is 1. The molecule has 2 heterocycles. The van der Waals surface area contributed by atoms with E-state index >= 15 is 0 Å². The predicted octanol–water partition coefficient (Wildman–Crippen LogP) is 5.28. The van der Waals surface area contributed by atoms with Gasteiger partial charge in [-0.05, 0) is 95.9 Å². The topological polar surface area (TPSA) is 90.5 Å². The number of amides is 3. The van der Waals surface area contributed by atoms with Gasteiger partial charge in [0.25, 0.3) is 0 Å². The molecular weight excluding hydrogens is 559 g/mol. The molecule has 1 saturated carbocycles. The van der Waals surface area contributed by atoms with Gasteiger partial charge in [0.1, 0.15) is 0 Å². The van der Waals surface area contributed by atoms with E-state index < -0.39 is 5.41 Å². The summed E-state index contributed by atoms with van der Waals surface area (Å²) < 4.78 is 0. The molecule has 3 aliphatic rings. The van der Waals surface area contributed by atoms with Gasteiger partial charge >= 0.3 is 0 Å². The highest BCUT2D eigenvalue weighted by Crippen LogP contribution is 2.46. The van der Waals surface area contributed by atoms with Crippen LogP contribution in [0.4, 0.5) is 0 Å². The molecule has 9 heteroatoms. The number of nitrogens with one attached hydrogen (secondary N) is 3. The maximum Gasteiger partial charge on any atom is 0.227 e. The Morgan fingerprint density at radius 3 is 2.27 bits per heavy atom. The summed E-state index contributed by atoms with van der Waals surface area (Å²) >= 11 is 6.09. The Hall–Kier alpha value is -1.83. The summed E-state index contributed by atoms with van der Waals surface area (Å²) in [5.41, 5.74) is 0.347. The Bertz CT molecular complexity index is 1010. The normalized spacial score (nSPS) is 22.2. The highest BCUT2D eigenvalue weighted by molar-refractivity contribution is 6.30. The number of likely N-dealkylation sites (tertiary alicyclic amines) is 1. The molecule has 0 aromatic heterocycles. The van der Waals surface area contributed by atoms with E-state index in [4.69, 9.17) is 11.6 Å². The first-order chi connectivity index (χ1) is 19.1. The molecule has 7 nitrogen and oxygen atoms in total. The third-order valence-electron chi connectivity index (χ3n) is 9.17. The van der Waals surface area contributed by atoms with Gasteiger partial charge < -0.3 is 20.9 Å². The van der Waals surface area contributed by atoms with E-state index in [1.54, 1.807) is 0 Å². The van der Waals surface area contributed by atoms with Crippen LogP contribution in [0.1, 0.15) is 90.5 Å². The van der Waals surface area contributed by atoms with Crippen LogP contribution >= 0.6 is 24.0 Å². The first kappa shape index (κ1) is 33.7. The minimum atomic E-state index is -0.407. The lowest BCUT2D eigenvalue weighted by atomic mass is 9.63. The van der Waals surface area contributed by atoms with E-state index in [9.17, 15) is 14.4 Å². The molecule has 3 N–H and O–H groups in total. The van der Waals surface area contributed by atoms with Crippen molar-refractivity contribution in [2.45, 2.75) is 103 Å². The second-order valence-corrected chi connectivity index (χ2v) is 13.8. The van der Waals surface area contributed by atoms with Gasteiger partial charge in [-0.15, -0.1) is 12.4 Å². The summed E-state index contributed by atoms with van der Waals surface area (Å²) in [4.78, 5) is 42.4. The largest absolute Gasteiger partial charge is 0.352 e. The summed E-state index contributed by atoms with van der Waals surface area (Å²) in [5, 5.41) is 10.5. The van der Waals surface area contributed by atoms with Crippen molar-refractivity contribution in [2.24, 2.45) is 17.3 Å². The van der Waals surface area contributed by atoms with Crippen molar-refractivity contribution in [1.29, 1.82) is 0 Å². The van der Waals surface area contributed by atoms with Crippen LogP contribution in [-0.4, -0.2) is 60.4 Å². The van der Waals surface area contributed by atoms with Crippen molar-refractivity contribution in [3.05, 3.63) is 34.9 Å². The molecule has 0 radical (unpaired) electrons. The first-order valence-corrected chi connectivity index (χ1v) is 15.8. The number of hydrogen-bond acceptors (Lipinski definition) is 4. The summed E-state index contributed by atoms with van der Waals surface area (Å²) in [6.07, 6.45) is 9.87. The number of nitrogens with zero attached hydrogens (tertiary/aromatic N) is 1. The number of hydrogen-bond donors (Lipinski definition) is 3. The van der Waals surface area contributed by atoms with Crippen LogP contribution in [0, 0.1) is 17.3 Å². The zero-order valence-electron chi connectivity index (χ0n) is 25.1. The number of piperidine rings is 2. The zero-order chi connectivity index (χ0) is 28.8. The lowest BCUT2D eigenvalue weighted by Gasteiger charge is -2.47. The minimum absolute atomic E-state index is 0. The Labute approximate surface area is 257 Å². The third kappa shape index (κ3) is 9.33. The van der Waals surface area contributed by atoms with E-state index in [0.29, 0.717) is 49.8 Å². The van der Waals surface area contributed by atoms with Crippen molar-refractivity contribution in [1.82, 2.24) is 20.9 Å². The number of carbonyl (C=O) groups is 3. The van der Waals surface area contributed by atoms with Gasteiger partial charge in [0.15, 0.2) is 0 Å². The van der Waals surface area contributed by atoms with E-state index in [1.165, 1.54) is 19.3 Å². The number of rotatable bonds is 8. The van der Waals surface area contributed by atoms with Crippen molar-refractivity contribution >= 4 is 41.7 Å². The monoisotopic (exact) mass is 608 g/mol. The Morgan fingerprint density at radius 1 is 1.02 bits per heavy atom. The Morgan fingerprint density at radius 2 is 1.68 bits per heavy atom. The Kier molecular flexibility index (Phi) is 12.4. The van der Waals surface area contributed by atoms with Crippen LogP contribution in [0.2, 0.25) is 5.02 Å². The molecule has 0 unspecified atom stereocenters. The zero-order valence-corrected chi connectivity index (χ0v) is 26.7.